The lowest BCUT2D eigenvalue weighted by atomic mass is 9.73. The van der Waals surface area contributed by atoms with Gasteiger partial charge in [0.25, 0.3) is 0 Å². The smallest absolute Gasteiger partial charge is 0.0194 e. The second-order valence-electron chi connectivity index (χ2n) is 5.44. The molecule has 0 aromatic rings. The Morgan fingerprint density at radius 3 is 1.92 bits per heavy atom. The summed E-state index contributed by atoms with van der Waals surface area (Å²) in [6.07, 6.45) is 11.3. The van der Waals surface area contributed by atoms with Crippen molar-refractivity contribution >= 4 is 0 Å². The van der Waals surface area contributed by atoms with E-state index in [1.54, 1.807) is 19.3 Å². The number of fused-ring (bicyclic) bond motifs is 9. The molecule has 4 aliphatic rings. The van der Waals surface area contributed by atoms with Crippen molar-refractivity contribution in [3.05, 3.63) is 12.2 Å². The van der Waals surface area contributed by atoms with Crippen molar-refractivity contribution in [3.8, 4) is 0 Å². The highest BCUT2D eigenvalue weighted by molar-refractivity contribution is 5.19. The van der Waals surface area contributed by atoms with Gasteiger partial charge in [0.1, 0.15) is 0 Å². The average molecular weight is 160 g/mol. The van der Waals surface area contributed by atoms with Gasteiger partial charge in [-0.1, -0.05) is 12.2 Å². The van der Waals surface area contributed by atoms with Crippen molar-refractivity contribution < 1.29 is 0 Å². The first-order chi connectivity index (χ1) is 5.93. The molecule has 0 spiro atoms. The Balaban J connectivity index is 1.82. The maximum atomic E-state index is 2.53. The fourth-order valence-corrected chi connectivity index (χ4v) is 4.98. The van der Waals surface area contributed by atoms with Crippen LogP contribution in [0.3, 0.4) is 0 Å². The van der Waals surface area contributed by atoms with Gasteiger partial charge in [0, 0.05) is 0 Å². The fourth-order valence-electron chi connectivity index (χ4n) is 4.98. The average Bonchev–Trinajstić information content (AvgIpc) is 2.83. The van der Waals surface area contributed by atoms with Gasteiger partial charge in [-0.05, 0) is 61.2 Å². The first-order valence-corrected chi connectivity index (χ1v) is 5.62. The maximum absolute atomic E-state index is 2.53. The molecule has 0 nitrogen and oxygen atoms in total. The summed E-state index contributed by atoms with van der Waals surface area (Å²) in [5.41, 5.74) is 0. The van der Waals surface area contributed by atoms with Crippen LogP contribution in [0.25, 0.3) is 0 Å². The molecule has 0 radical (unpaired) electrons. The molecular weight excluding hydrogens is 144 g/mol. The Morgan fingerprint density at radius 2 is 1.33 bits per heavy atom. The van der Waals surface area contributed by atoms with Crippen LogP contribution in [0, 0.1) is 35.5 Å². The third-order valence-electron chi connectivity index (χ3n) is 5.19. The molecule has 0 heterocycles. The predicted octanol–water partition coefficient (Wildman–Crippen LogP) is 2.85. The summed E-state index contributed by atoms with van der Waals surface area (Å²) in [7, 11) is 0. The predicted molar refractivity (Wildman–Crippen MR) is 48.5 cm³/mol. The van der Waals surface area contributed by atoms with Crippen LogP contribution in [0.4, 0.5) is 0 Å². The molecule has 3 fully saturated rings. The molecule has 0 aromatic heterocycles. The van der Waals surface area contributed by atoms with Crippen molar-refractivity contribution in [3.63, 3.8) is 0 Å². The third-order valence-corrected chi connectivity index (χ3v) is 5.19. The minimum atomic E-state index is 1.02. The lowest BCUT2D eigenvalue weighted by molar-refractivity contribution is 0.206. The van der Waals surface area contributed by atoms with Crippen molar-refractivity contribution in [1.82, 2.24) is 0 Å². The van der Waals surface area contributed by atoms with Gasteiger partial charge in [-0.15, -0.1) is 0 Å². The normalized spacial score (nSPS) is 64.7. The second kappa shape index (κ2) is 1.81. The van der Waals surface area contributed by atoms with Gasteiger partial charge in [-0.25, -0.2) is 0 Å². The molecule has 0 unspecified atom stereocenters. The highest BCUT2D eigenvalue weighted by Gasteiger charge is 2.57. The molecule has 6 atom stereocenters. The summed E-state index contributed by atoms with van der Waals surface area (Å²) in [6.45, 7) is 0. The highest BCUT2D eigenvalue weighted by atomic mass is 14.6. The van der Waals surface area contributed by atoms with E-state index in [2.05, 4.69) is 12.2 Å². The van der Waals surface area contributed by atoms with Crippen LogP contribution < -0.4 is 0 Å². The van der Waals surface area contributed by atoms with Crippen LogP contribution >= 0.6 is 0 Å². The summed E-state index contributed by atoms with van der Waals surface area (Å²) >= 11 is 0. The molecule has 4 aliphatic carbocycles. The minimum absolute atomic E-state index is 1.02. The third kappa shape index (κ3) is 0.522. The van der Waals surface area contributed by atoms with Crippen LogP contribution in [0.15, 0.2) is 12.2 Å². The second-order valence-corrected chi connectivity index (χ2v) is 5.44. The van der Waals surface area contributed by atoms with Crippen molar-refractivity contribution in [2.45, 2.75) is 25.7 Å². The first-order valence-electron chi connectivity index (χ1n) is 5.62. The fraction of sp³-hybridized carbons (Fsp3) is 0.833. The largest absolute Gasteiger partial charge is 0.0848 e. The molecule has 0 N–H and O–H groups in total. The van der Waals surface area contributed by atoms with Gasteiger partial charge in [-0.2, -0.15) is 0 Å². The molecule has 0 heteroatoms. The molecule has 0 aliphatic heterocycles. The van der Waals surface area contributed by atoms with E-state index in [4.69, 9.17) is 0 Å². The summed E-state index contributed by atoms with van der Waals surface area (Å²) in [5, 5.41) is 0. The van der Waals surface area contributed by atoms with Crippen LogP contribution in [0.5, 0.6) is 0 Å². The first kappa shape index (κ1) is 6.23. The van der Waals surface area contributed by atoms with E-state index in [1.165, 1.54) is 6.42 Å². The summed E-state index contributed by atoms with van der Waals surface area (Å²) in [5.74, 6) is 6.66. The Hall–Kier alpha value is -0.260. The number of allylic oxidation sites excluding steroid dienone is 2. The van der Waals surface area contributed by atoms with E-state index < -0.39 is 0 Å². The van der Waals surface area contributed by atoms with Crippen molar-refractivity contribution in [2.24, 2.45) is 35.5 Å². The van der Waals surface area contributed by atoms with E-state index >= 15 is 0 Å². The van der Waals surface area contributed by atoms with Gasteiger partial charge < -0.3 is 0 Å². The van der Waals surface area contributed by atoms with E-state index in [-0.39, 0.29) is 0 Å². The van der Waals surface area contributed by atoms with E-state index in [0.29, 0.717) is 0 Å². The van der Waals surface area contributed by atoms with Crippen LogP contribution in [0.1, 0.15) is 25.7 Å². The summed E-state index contributed by atoms with van der Waals surface area (Å²) < 4.78 is 0. The Labute approximate surface area is 74.0 Å². The molecule has 0 saturated heterocycles. The van der Waals surface area contributed by atoms with Crippen LogP contribution in [0.2, 0.25) is 0 Å². The minimum Gasteiger partial charge on any atom is -0.0848 e. The Kier molecular flexibility index (Phi) is 0.939. The number of hydrogen-bond donors (Lipinski definition) is 0. The number of hydrogen-bond acceptors (Lipinski definition) is 0. The molecule has 4 rings (SSSR count). The van der Waals surface area contributed by atoms with Gasteiger partial charge in [0.2, 0.25) is 0 Å². The highest BCUT2D eigenvalue weighted by Crippen LogP contribution is 2.65. The Morgan fingerprint density at radius 1 is 0.750 bits per heavy atom. The van der Waals surface area contributed by atoms with E-state index in [0.717, 1.165) is 35.5 Å². The summed E-state index contributed by atoms with van der Waals surface area (Å²) in [4.78, 5) is 0. The molecule has 4 bridgehead atoms. The zero-order valence-electron chi connectivity index (χ0n) is 7.45. The topological polar surface area (TPSA) is 0 Å². The molecule has 12 heavy (non-hydrogen) atoms. The van der Waals surface area contributed by atoms with E-state index in [1.807, 2.05) is 0 Å². The quantitative estimate of drug-likeness (QED) is 0.377. The van der Waals surface area contributed by atoms with Crippen LogP contribution in [-0.2, 0) is 0 Å². The molecule has 0 aromatic carbocycles. The van der Waals surface area contributed by atoms with E-state index in [9.17, 15) is 0 Å². The zero-order valence-corrected chi connectivity index (χ0v) is 7.45. The lowest BCUT2D eigenvalue weighted by Crippen LogP contribution is -2.25. The van der Waals surface area contributed by atoms with Crippen LogP contribution in [-0.4, -0.2) is 0 Å². The Bertz CT molecular complexity index is 229. The van der Waals surface area contributed by atoms with Gasteiger partial charge in [0.15, 0.2) is 0 Å². The molecule has 0 amide bonds. The monoisotopic (exact) mass is 160 g/mol. The molecular formula is C12H16. The molecule has 3 saturated carbocycles. The summed E-state index contributed by atoms with van der Waals surface area (Å²) in [6, 6.07) is 0. The molecule has 64 valence electrons. The standard InChI is InChI=1S/C12H16/c1-2-8-5-7(1)11-9-3-4-10(6-9)12(8)11/h1-2,7-12H,3-6H2/t7-,8+,9+,10-,11-,12-/m1/s1. The maximum Gasteiger partial charge on any atom is -0.0194 e. The zero-order chi connectivity index (χ0) is 7.71. The van der Waals surface area contributed by atoms with Gasteiger partial charge >= 0.3 is 0 Å². The van der Waals surface area contributed by atoms with Crippen molar-refractivity contribution in [2.75, 3.05) is 0 Å². The number of rotatable bonds is 0. The SMILES string of the molecule is C1=C[C@H]2C[C@@H]1[C@@H]1[C@H]3CC[C@H](C3)[C@H]12. The van der Waals surface area contributed by atoms with Crippen molar-refractivity contribution in [1.29, 1.82) is 0 Å². The lowest BCUT2D eigenvalue weighted by Gasteiger charge is -2.31. The van der Waals surface area contributed by atoms with Gasteiger partial charge in [-0.3, -0.25) is 0 Å². The van der Waals surface area contributed by atoms with Gasteiger partial charge in [0.05, 0.1) is 0 Å².